The van der Waals surface area contributed by atoms with Crippen molar-refractivity contribution in [1.82, 2.24) is 0 Å². The summed E-state index contributed by atoms with van der Waals surface area (Å²) in [5.41, 5.74) is 0. The molecule has 1 aliphatic rings. The Kier molecular flexibility index (Phi) is 5.64. The molecule has 20 heavy (non-hydrogen) atoms. The van der Waals surface area contributed by atoms with Crippen LogP contribution in [0.4, 0.5) is 0 Å². The van der Waals surface area contributed by atoms with Gasteiger partial charge in [-0.15, -0.1) is 0 Å². The van der Waals surface area contributed by atoms with Crippen LogP contribution in [0.2, 0.25) is 0 Å². The summed E-state index contributed by atoms with van der Waals surface area (Å²) in [4.78, 5) is 0. The zero-order valence-electron chi connectivity index (χ0n) is 11.8. The van der Waals surface area contributed by atoms with Crippen molar-refractivity contribution in [2.75, 3.05) is 12.3 Å². The van der Waals surface area contributed by atoms with E-state index < -0.39 is 7.26 Å². The molecule has 1 saturated heterocycles. The smallest absolute Gasteiger partial charge is 0.0991 e. The second-order valence-electron chi connectivity index (χ2n) is 5.50. The van der Waals surface area contributed by atoms with Crippen molar-refractivity contribution < 1.29 is 12.4 Å². The summed E-state index contributed by atoms with van der Waals surface area (Å²) in [6.45, 7) is 0. The Balaban J connectivity index is 0.00000147. The Morgan fingerprint density at radius 1 is 0.550 bits per heavy atom. The monoisotopic (exact) mass is 304 g/mol. The Morgan fingerprint density at radius 2 is 0.950 bits per heavy atom. The van der Waals surface area contributed by atoms with E-state index in [0.717, 1.165) is 0 Å². The molecule has 0 aliphatic carbocycles. The summed E-state index contributed by atoms with van der Waals surface area (Å²) in [7, 11) is -1.14. The lowest BCUT2D eigenvalue weighted by Gasteiger charge is -2.26. The minimum atomic E-state index is -1.14. The second kappa shape index (κ2) is 7.25. The van der Waals surface area contributed by atoms with Gasteiger partial charge in [0.15, 0.2) is 0 Å². The molecule has 0 aromatic heterocycles. The first-order chi connectivity index (χ1) is 9.42. The van der Waals surface area contributed by atoms with Crippen molar-refractivity contribution in [3.8, 4) is 0 Å². The normalized spacial score (nSPS) is 17.8. The van der Waals surface area contributed by atoms with Gasteiger partial charge in [-0.1, -0.05) is 36.4 Å². The Bertz CT molecular complexity index is 460. The quantitative estimate of drug-likeness (QED) is 0.732. The average Bonchev–Trinajstić information content (AvgIpc) is 2.76. The first-order valence-electron chi connectivity index (χ1n) is 7.40. The van der Waals surface area contributed by atoms with Gasteiger partial charge in [-0.2, -0.15) is 0 Å². The van der Waals surface area contributed by atoms with Gasteiger partial charge in [0.1, 0.15) is 0 Å². The molecule has 0 saturated carbocycles. The molecule has 2 aromatic carbocycles. The third-order valence-corrected chi connectivity index (χ3v) is 9.06. The van der Waals surface area contributed by atoms with Crippen LogP contribution in [0.1, 0.15) is 25.7 Å². The summed E-state index contributed by atoms with van der Waals surface area (Å²) in [6, 6.07) is 22.6. The Morgan fingerprint density at radius 3 is 1.35 bits per heavy atom. The topological polar surface area (TPSA) is 0 Å². The van der Waals surface area contributed by atoms with E-state index in [-0.39, 0.29) is 12.4 Å². The zero-order chi connectivity index (χ0) is 13.0. The number of hydrogen-bond donors (Lipinski definition) is 0. The van der Waals surface area contributed by atoms with Gasteiger partial charge in [0.2, 0.25) is 0 Å². The van der Waals surface area contributed by atoms with E-state index in [2.05, 4.69) is 60.7 Å². The number of benzene rings is 2. The van der Waals surface area contributed by atoms with Crippen LogP contribution in [0, 0.1) is 0 Å². The number of hydrogen-bond acceptors (Lipinski definition) is 0. The summed E-state index contributed by atoms with van der Waals surface area (Å²) >= 11 is 0. The molecule has 0 N–H and O–H groups in total. The summed E-state index contributed by atoms with van der Waals surface area (Å²) in [6.07, 6.45) is 8.44. The third kappa shape index (κ3) is 3.08. The van der Waals surface area contributed by atoms with Crippen LogP contribution in [0.25, 0.3) is 0 Å². The molecular formula is C18H22ClP. The van der Waals surface area contributed by atoms with Crippen molar-refractivity contribution in [3.05, 3.63) is 60.7 Å². The third-order valence-electron chi connectivity index (χ3n) is 4.33. The van der Waals surface area contributed by atoms with Gasteiger partial charge in [0.25, 0.3) is 0 Å². The fourth-order valence-electron chi connectivity index (χ4n) is 3.32. The molecular weight excluding hydrogens is 283 g/mol. The van der Waals surface area contributed by atoms with Gasteiger partial charge < -0.3 is 12.4 Å². The highest BCUT2D eigenvalue weighted by molar-refractivity contribution is 7.89. The van der Waals surface area contributed by atoms with Crippen LogP contribution < -0.4 is 23.0 Å². The summed E-state index contributed by atoms with van der Waals surface area (Å²) in [5, 5.41) is 3.23. The molecule has 2 aromatic rings. The maximum absolute atomic E-state index is 2.37. The Hall–Kier alpha value is -0.840. The molecule has 0 atom stereocenters. The van der Waals surface area contributed by atoms with Crippen molar-refractivity contribution in [1.29, 1.82) is 0 Å². The molecule has 0 bridgehead atoms. The SMILES string of the molecule is [Cl-].c1ccc([P+]2(c3ccccc3)CCCCCC2)cc1. The zero-order valence-corrected chi connectivity index (χ0v) is 13.5. The molecule has 0 radical (unpaired) electrons. The number of rotatable bonds is 2. The molecule has 0 nitrogen and oxygen atoms in total. The largest absolute Gasteiger partial charge is 1.00 e. The molecule has 106 valence electrons. The van der Waals surface area contributed by atoms with E-state index in [1.165, 1.54) is 38.0 Å². The van der Waals surface area contributed by atoms with E-state index in [4.69, 9.17) is 0 Å². The van der Waals surface area contributed by atoms with E-state index >= 15 is 0 Å². The van der Waals surface area contributed by atoms with Gasteiger partial charge in [-0.25, -0.2) is 0 Å². The fourth-order valence-corrected chi connectivity index (χ4v) is 7.89. The van der Waals surface area contributed by atoms with E-state index in [1.807, 2.05) is 0 Å². The van der Waals surface area contributed by atoms with E-state index in [9.17, 15) is 0 Å². The minimum Gasteiger partial charge on any atom is -1.00 e. The predicted octanol–water partition coefficient (Wildman–Crippen LogP) is 1.23. The van der Waals surface area contributed by atoms with Crippen molar-refractivity contribution in [2.45, 2.75) is 25.7 Å². The lowest BCUT2D eigenvalue weighted by Crippen LogP contribution is -3.00. The minimum absolute atomic E-state index is 0. The summed E-state index contributed by atoms with van der Waals surface area (Å²) < 4.78 is 0. The fraction of sp³-hybridized carbons (Fsp3) is 0.333. The highest BCUT2D eigenvalue weighted by Gasteiger charge is 2.42. The summed E-state index contributed by atoms with van der Waals surface area (Å²) in [5.74, 6) is 0. The maximum atomic E-state index is 2.37. The predicted molar refractivity (Wildman–Crippen MR) is 87.3 cm³/mol. The maximum Gasteiger partial charge on any atom is 0.0991 e. The molecule has 0 spiro atoms. The van der Waals surface area contributed by atoms with Crippen molar-refractivity contribution in [2.24, 2.45) is 0 Å². The van der Waals surface area contributed by atoms with Crippen LogP contribution in [-0.2, 0) is 0 Å². The van der Waals surface area contributed by atoms with Crippen LogP contribution in [0.15, 0.2) is 60.7 Å². The van der Waals surface area contributed by atoms with Gasteiger partial charge >= 0.3 is 0 Å². The van der Waals surface area contributed by atoms with Gasteiger partial charge in [0, 0.05) is 0 Å². The molecule has 3 rings (SSSR count). The molecule has 0 unspecified atom stereocenters. The van der Waals surface area contributed by atoms with Crippen molar-refractivity contribution >= 4 is 17.9 Å². The highest BCUT2D eigenvalue weighted by Crippen LogP contribution is 2.58. The Labute approximate surface area is 129 Å². The lowest BCUT2D eigenvalue weighted by atomic mass is 10.2. The van der Waals surface area contributed by atoms with E-state index in [1.54, 1.807) is 10.6 Å². The molecule has 0 amide bonds. The first kappa shape index (κ1) is 15.5. The molecule has 1 fully saturated rings. The average molecular weight is 305 g/mol. The van der Waals surface area contributed by atoms with E-state index in [0.29, 0.717) is 0 Å². The van der Waals surface area contributed by atoms with Crippen LogP contribution >= 0.6 is 7.26 Å². The van der Waals surface area contributed by atoms with Gasteiger partial charge in [-0.05, 0) is 49.9 Å². The van der Waals surface area contributed by atoms with Gasteiger partial charge in [-0.3, -0.25) is 0 Å². The first-order valence-corrected chi connectivity index (χ1v) is 9.56. The van der Waals surface area contributed by atoms with Crippen LogP contribution in [0.3, 0.4) is 0 Å². The highest BCUT2D eigenvalue weighted by atomic mass is 35.5. The standard InChI is InChI=1S/C18H22P.ClH/c1-2-10-16-19(15-9-1,17-11-5-3-6-12-17)18-13-7-4-8-14-18;/h3-8,11-14H,1-2,9-10,15-16H2;1H/q+1;/p-1. The van der Waals surface area contributed by atoms with Crippen LogP contribution in [0.5, 0.6) is 0 Å². The van der Waals surface area contributed by atoms with Crippen LogP contribution in [-0.4, -0.2) is 12.3 Å². The molecule has 1 heterocycles. The molecule has 1 aliphatic heterocycles. The molecule has 2 heteroatoms. The number of halogens is 1. The van der Waals surface area contributed by atoms with Gasteiger partial charge in [0.05, 0.1) is 30.2 Å². The lowest BCUT2D eigenvalue weighted by molar-refractivity contribution is -0.00000378. The second-order valence-corrected chi connectivity index (χ2v) is 9.36. The van der Waals surface area contributed by atoms with Crippen molar-refractivity contribution in [3.63, 3.8) is 0 Å².